The largest absolute Gasteiger partial charge is 0.351 e. The lowest BCUT2D eigenvalue weighted by molar-refractivity contribution is 0.0939. The number of thiol groups is 1. The van der Waals surface area contributed by atoms with Crippen LogP contribution in [0.15, 0.2) is 29.2 Å². The molecule has 1 fully saturated rings. The van der Waals surface area contributed by atoms with Crippen LogP contribution in [0.3, 0.4) is 0 Å². The fourth-order valence-corrected chi connectivity index (χ4v) is 2.35. The summed E-state index contributed by atoms with van der Waals surface area (Å²) in [7, 11) is 0. The summed E-state index contributed by atoms with van der Waals surface area (Å²) in [5.41, 5.74) is 1.05. The molecule has 2 rings (SSSR count). The van der Waals surface area contributed by atoms with Crippen LogP contribution in [0.1, 0.15) is 37.0 Å². The fourth-order valence-electron chi connectivity index (χ4n) is 2.12. The second-order valence-corrected chi connectivity index (χ2v) is 5.77. The number of nitrogens with one attached hydrogen (secondary N) is 1. The third-order valence-corrected chi connectivity index (χ3v) is 4.10. The van der Waals surface area contributed by atoms with Crippen LogP contribution >= 0.6 is 12.6 Å². The number of carbonyl (C=O) groups excluding carboxylic acids is 1. The van der Waals surface area contributed by atoms with E-state index in [2.05, 4.69) is 31.8 Å². The molecular formula is C14H19NOS. The zero-order valence-corrected chi connectivity index (χ0v) is 11.3. The molecule has 0 unspecified atom stereocenters. The van der Waals surface area contributed by atoms with E-state index in [0.717, 1.165) is 11.4 Å². The lowest BCUT2D eigenvalue weighted by atomic mass is 9.92. The molecule has 92 valence electrons. The topological polar surface area (TPSA) is 29.1 Å². The molecule has 17 heavy (non-hydrogen) atoms. The molecule has 0 radical (unpaired) electrons. The Balaban J connectivity index is 1.94. The smallest absolute Gasteiger partial charge is 0.251 e. The highest BCUT2D eigenvalue weighted by Gasteiger charge is 2.45. The van der Waals surface area contributed by atoms with Gasteiger partial charge in [-0.1, -0.05) is 19.9 Å². The van der Waals surface area contributed by atoms with Crippen molar-refractivity contribution in [3.8, 4) is 0 Å². The Hall–Kier alpha value is -0.960. The quantitative estimate of drug-likeness (QED) is 0.789. The highest BCUT2D eigenvalue weighted by molar-refractivity contribution is 7.80. The molecule has 0 spiro atoms. The van der Waals surface area contributed by atoms with Gasteiger partial charge in [0.1, 0.15) is 0 Å². The van der Waals surface area contributed by atoms with Crippen LogP contribution in [0.4, 0.5) is 0 Å². The summed E-state index contributed by atoms with van der Waals surface area (Å²) in [6.45, 7) is 5.25. The number of benzene rings is 1. The second kappa shape index (κ2) is 4.73. The van der Waals surface area contributed by atoms with E-state index >= 15 is 0 Å². The molecule has 1 saturated carbocycles. The Bertz CT molecular complexity index is 424. The summed E-state index contributed by atoms with van der Waals surface area (Å²) >= 11 is 4.24. The molecule has 1 N–H and O–H groups in total. The van der Waals surface area contributed by atoms with Gasteiger partial charge in [0.25, 0.3) is 5.91 Å². The third kappa shape index (κ3) is 2.83. The lowest BCUT2D eigenvalue weighted by Gasteiger charge is -2.20. The summed E-state index contributed by atoms with van der Waals surface area (Å²) in [5.74, 6) is 0.645. The van der Waals surface area contributed by atoms with E-state index in [4.69, 9.17) is 0 Å². The second-order valence-electron chi connectivity index (χ2n) is 5.25. The summed E-state index contributed by atoms with van der Waals surface area (Å²) in [6, 6.07) is 7.35. The van der Waals surface area contributed by atoms with Crippen LogP contribution in [0.25, 0.3) is 0 Å². The van der Waals surface area contributed by atoms with Crippen molar-refractivity contribution in [2.24, 2.45) is 11.3 Å². The van der Waals surface area contributed by atoms with Gasteiger partial charge >= 0.3 is 0 Å². The molecule has 1 amide bonds. The Morgan fingerprint density at radius 3 is 2.71 bits per heavy atom. The first-order chi connectivity index (χ1) is 8.03. The Kier molecular flexibility index (Phi) is 3.48. The average Bonchev–Trinajstić information content (AvgIpc) is 3.07. The predicted molar refractivity (Wildman–Crippen MR) is 72.5 cm³/mol. The first-order valence-electron chi connectivity index (χ1n) is 6.11. The molecule has 0 saturated heterocycles. The minimum Gasteiger partial charge on any atom is -0.351 e. The van der Waals surface area contributed by atoms with Gasteiger partial charge in [0.2, 0.25) is 0 Å². The zero-order valence-electron chi connectivity index (χ0n) is 10.4. The molecule has 0 heterocycles. The SMILES string of the molecule is CC(C)C1(CNC(=O)c2cccc(S)c2)CC1. The van der Waals surface area contributed by atoms with Gasteiger partial charge in [-0.3, -0.25) is 4.79 Å². The number of hydrogen-bond donors (Lipinski definition) is 2. The molecule has 0 aromatic heterocycles. The number of rotatable bonds is 4. The van der Waals surface area contributed by atoms with Gasteiger partial charge < -0.3 is 5.32 Å². The molecule has 0 bridgehead atoms. The van der Waals surface area contributed by atoms with Crippen molar-refractivity contribution in [1.82, 2.24) is 5.32 Å². The van der Waals surface area contributed by atoms with Crippen molar-refractivity contribution < 1.29 is 4.79 Å². The highest BCUT2D eigenvalue weighted by atomic mass is 32.1. The molecule has 0 aliphatic heterocycles. The minimum absolute atomic E-state index is 0.00725. The maximum atomic E-state index is 11.9. The summed E-state index contributed by atoms with van der Waals surface area (Å²) in [4.78, 5) is 12.8. The van der Waals surface area contributed by atoms with Crippen molar-refractivity contribution in [2.45, 2.75) is 31.6 Å². The van der Waals surface area contributed by atoms with E-state index in [-0.39, 0.29) is 5.91 Å². The molecule has 1 aliphatic rings. The maximum absolute atomic E-state index is 11.9. The van der Waals surface area contributed by atoms with E-state index in [1.54, 1.807) is 6.07 Å². The van der Waals surface area contributed by atoms with Crippen molar-refractivity contribution in [3.05, 3.63) is 29.8 Å². The van der Waals surface area contributed by atoms with E-state index < -0.39 is 0 Å². The molecule has 1 aromatic rings. The number of hydrogen-bond acceptors (Lipinski definition) is 2. The van der Waals surface area contributed by atoms with Crippen LogP contribution in [-0.4, -0.2) is 12.5 Å². The van der Waals surface area contributed by atoms with Gasteiger partial charge in [0.05, 0.1) is 0 Å². The molecule has 1 aliphatic carbocycles. The fraction of sp³-hybridized carbons (Fsp3) is 0.500. The Morgan fingerprint density at radius 2 is 2.18 bits per heavy atom. The van der Waals surface area contributed by atoms with Gasteiger partial charge in [0, 0.05) is 17.0 Å². The molecule has 1 aromatic carbocycles. The maximum Gasteiger partial charge on any atom is 0.251 e. The number of carbonyl (C=O) groups is 1. The monoisotopic (exact) mass is 249 g/mol. The summed E-state index contributed by atoms with van der Waals surface area (Å²) in [5, 5.41) is 3.04. The van der Waals surface area contributed by atoms with Crippen LogP contribution in [0, 0.1) is 11.3 Å². The molecule has 0 atom stereocenters. The van der Waals surface area contributed by atoms with Crippen molar-refractivity contribution >= 4 is 18.5 Å². The molecule has 3 heteroatoms. The zero-order chi connectivity index (χ0) is 12.5. The first kappa shape index (κ1) is 12.5. The normalized spacial score (nSPS) is 16.9. The van der Waals surface area contributed by atoms with Crippen LogP contribution in [0.5, 0.6) is 0 Å². The van der Waals surface area contributed by atoms with E-state index in [0.29, 0.717) is 16.9 Å². The van der Waals surface area contributed by atoms with Gasteiger partial charge in [-0.2, -0.15) is 0 Å². The van der Waals surface area contributed by atoms with Crippen LogP contribution in [-0.2, 0) is 0 Å². The van der Waals surface area contributed by atoms with Gasteiger partial charge in [0.15, 0.2) is 0 Å². The van der Waals surface area contributed by atoms with Crippen LogP contribution in [0.2, 0.25) is 0 Å². The van der Waals surface area contributed by atoms with E-state index in [1.807, 2.05) is 18.2 Å². The van der Waals surface area contributed by atoms with Crippen LogP contribution < -0.4 is 5.32 Å². The third-order valence-electron chi connectivity index (χ3n) is 3.83. The van der Waals surface area contributed by atoms with Gasteiger partial charge in [-0.15, -0.1) is 12.6 Å². The summed E-state index contributed by atoms with van der Waals surface area (Å²) in [6.07, 6.45) is 2.47. The Labute approximate surface area is 108 Å². The van der Waals surface area contributed by atoms with Crippen molar-refractivity contribution in [3.63, 3.8) is 0 Å². The standard InChI is InChI=1S/C14H19NOS/c1-10(2)14(6-7-14)9-15-13(16)11-4-3-5-12(17)8-11/h3-5,8,10,17H,6-7,9H2,1-2H3,(H,15,16). The highest BCUT2D eigenvalue weighted by Crippen LogP contribution is 2.51. The minimum atomic E-state index is 0.00725. The van der Waals surface area contributed by atoms with Gasteiger partial charge in [-0.05, 0) is 42.4 Å². The van der Waals surface area contributed by atoms with E-state index in [1.165, 1.54) is 12.8 Å². The lowest BCUT2D eigenvalue weighted by Crippen LogP contribution is -2.32. The first-order valence-corrected chi connectivity index (χ1v) is 6.55. The molecular weight excluding hydrogens is 230 g/mol. The predicted octanol–water partition coefficient (Wildman–Crippen LogP) is 3.14. The van der Waals surface area contributed by atoms with E-state index in [9.17, 15) is 4.79 Å². The Morgan fingerprint density at radius 1 is 1.47 bits per heavy atom. The molecule has 2 nitrogen and oxygen atoms in total. The van der Waals surface area contributed by atoms with Crippen molar-refractivity contribution in [1.29, 1.82) is 0 Å². The summed E-state index contributed by atoms with van der Waals surface area (Å²) < 4.78 is 0. The van der Waals surface area contributed by atoms with Crippen molar-refractivity contribution in [2.75, 3.05) is 6.54 Å². The van der Waals surface area contributed by atoms with Gasteiger partial charge in [-0.25, -0.2) is 0 Å². The number of amides is 1. The average molecular weight is 249 g/mol.